The second kappa shape index (κ2) is 9.55. The molecule has 0 aliphatic heterocycles. The minimum absolute atomic E-state index is 0.0943. The van der Waals surface area contributed by atoms with Crippen molar-refractivity contribution in [1.29, 1.82) is 0 Å². The zero-order valence-electron chi connectivity index (χ0n) is 16.3. The van der Waals surface area contributed by atoms with E-state index in [2.05, 4.69) is 5.32 Å². The van der Waals surface area contributed by atoms with Crippen molar-refractivity contribution >= 4 is 23.4 Å². The van der Waals surface area contributed by atoms with E-state index in [0.29, 0.717) is 24.3 Å². The third-order valence-corrected chi connectivity index (χ3v) is 4.21. The number of carbonyl (C=O) groups excluding carboxylic acids is 3. The van der Waals surface area contributed by atoms with Crippen LogP contribution < -0.4 is 15.8 Å². The van der Waals surface area contributed by atoms with Crippen LogP contribution >= 0.6 is 0 Å². The molecular formula is C21H25N3O4. The molecule has 148 valence electrons. The quantitative estimate of drug-likeness (QED) is 0.731. The highest BCUT2D eigenvalue weighted by atomic mass is 16.5. The van der Waals surface area contributed by atoms with E-state index in [-0.39, 0.29) is 23.8 Å². The number of nitrogens with two attached hydrogens (primary N) is 1. The summed E-state index contributed by atoms with van der Waals surface area (Å²) in [7, 11) is 0. The van der Waals surface area contributed by atoms with Crippen molar-refractivity contribution < 1.29 is 19.1 Å². The van der Waals surface area contributed by atoms with Crippen molar-refractivity contribution in [3.05, 3.63) is 59.2 Å². The molecule has 2 aromatic rings. The van der Waals surface area contributed by atoms with Crippen molar-refractivity contribution in [2.24, 2.45) is 5.73 Å². The molecule has 0 saturated carbocycles. The lowest BCUT2D eigenvalue weighted by Crippen LogP contribution is -2.30. The number of primary amides is 1. The molecule has 3 amide bonds. The van der Waals surface area contributed by atoms with Crippen LogP contribution in [0.4, 0.5) is 5.69 Å². The normalized spacial score (nSPS) is 10.2. The van der Waals surface area contributed by atoms with Gasteiger partial charge in [0, 0.05) is 24.3 Å². The summed E-state index contributed by atoms with van der Waals surface area (Å²) in [4.78, 5) is 37.8. The average Bonchev–Trinajstić information content (AvgIpc) is 2.67. The van der Waals surface area contributed by atoms with Crippen molar-refractivity contribution in [2.45, 2.75) is 20.8 Å². The molecule has 0 aliphatic carbocycles. The number of aryl methyl sites for hydroxylation is 1. The van der Waals surface area contributed by atoms with Crippen molar-refractivity contribution in [1.82, 2.24) is 4.90 Å². The zero-order valence-corrected chi connectivity index (χ0v) is 16.3. The fraction of sp³-hybridized carbons (Fsp3) is 0.286. The molecule has 0 saturated heterocycles. The van der Waals surface area contributed by atoms with Gasteiger partial charge in [0.15, 0.2) is 6.61 Å². The summed E-state index contributed by atoms with van der Waals surface area (Å²) in [5.74, 6) is -0.876. The Morgan fingerprint density at radius 1 is 1.07 bits per heavy atom. The highest BCUT2D eigenvalue weighted by Gasteiger charge is 2.14. The third-order valence-electron chi connectivity index (χ3n) is 4.21. The smallest absolute Gasteiger partial charge is 0.262 e. The molecule has 0 aromatic heterocycles. The maximum atomic E-state index is 12.4. The number of nitrogens with zero attached hydrogens (tertiary/aromatic N) is 1. The van der Waals surface area contributed by atoms with E-state index in [9.17, 15) is 14.4 Å². The van der Waals surface area contributed by atoms with E-state index < -0.39 is 11.8 Å². The second-order valence-corrected chi connectivity index (χ2v) is 6.26. The van der Waals surface area contributed by atoms with E-state index in [0.717, 1.165) is 5.56 Å². The Bertz CT molecular complexity index is 876. The Morgan fingerprint density at radius 3 is 2.43 bits per heavy atom. The van der Waals surface area contributed by atoms with Crippen molar-refractivity contribution in [3.8, 4) is 5.75 Å². The fourth-order valence-electron chi connectivity index (χ4n) is 2.72. The summed E-state index contributed by atoms with van der Waals surface area (Å²) in [6.07, 6.45) is 0. The first kappa shape index (κ1) is 21.0. The Kier molecular flexibility index (Phi) is 7.14. The van der Waals surface area contributed by atoms with Gasteiger partial charge in [0.05, 0.1) is 5.56 Å². The lowest BCUT2D eigenvalue weighted by atomic mass is 10.1. The monoisotopic (exact) mass is 383 g/mol. The third kappa shape index (κ3) is 5.33. The van der Waals surface area contributed by atoms with Crippen LogP contribution in [-0.4, -0.2) is 42.3 Å². The molecule has 0 unspecified atom stereocenters. The number of benzene rings is 2. The van der Waals surface area contributed by atoms with Crippen LogP contribution in [0.25, 0.3) is 0 Å². The number of rotatable bonds is 8. The van der Waals surface area contributed by atoms with Crippen LogP contribution in [0.5, 0.6) is 5.75 Å². The molecule has 28 heavy (non-hydrogen) atoms. The van der Waals surface area contributed by atoms with Gasteiger partial charge in [-0.1, -0.05) is 12.1 Å². The molecule has 0 atom stereocenters. The van der Waals surface area contributed by atoms with Crippen LogP contribution in [0.3, 0.4) is 0 Å². The van der Waals surface area contributed by atoms with Gasteiger partial charge in [-0.15, -0.1) is 0 Å². The summed E-state index contributed by atoms with van der Waals surface area (Å²) in [6, 6.07) is 11.7. The van der Waals surface area contributed by atoms with Gasteiger partial charge >= 0.3 is 0 Å². The number of hydrogen-bond acceptors (Lipinski definition) is 4. The van der Waals surface area contributed by atoms with Gasteiger partial charge in [0.1, 0.15) is 5.75 Å². The SMILES string of the molecule is CCN(CC)C(=O)c1cccc(NC(=O)COc2cc(C)ccc2C(N)=O)c1. The Hall–Kier alpha value is -3.35. The number of anilines is 1. The summed E-state index contributed by atoms with van der Waals surface area (Å²) >= 11 is 0. The molecule has 0 spiro atoms. The largest absolute Gasteiger partial charge is 0.483 e. The van der Waals surface area contributed by atoms with Crippen LogP contribution in [0.1, 0.15) is 40.1 Å². The van der Waals surface area contributed by atoms with Gasteiger partial charge in [-0.2, -0.15) is 0 Å². The van der Waals surface area contributed by atoms with E-state index in [4.69, 9.17) is 10.5 Å². The molecule has 0 aliphatic rings. The van der Waals surface area contributed by atoms with Crippen LogP contribution in [0.15, 0.2) is 42.5 Å². The average molecular weight is 383 g/mol. The van der Waals surface area contributed by atoms with Crippen LogP contribution in [0, 0.1) is 6.92 Å². The highest BCUT2D eigenvalue weighted by molar-refractivity contribution is 5.98. The predicted octanol–water partition coefficient (Wildman–Crippen LogP) is 2.59. The molecule has 0 bridgehead atoms. The second-order valence-electron chi connectivity index (χ2n) is 6.26. The molecule has 0 heterocycles. The standard InChI is InChI=1S/C21H25N3O4/c1-4-24(5-2)21(27)15-7-6-8-16(12-15)23-19(25)13-28-18-11-14(3)9-10-17(18)20(22)26/h6-12H,4-5,13H2,1-3H3,(H2,22,26)(H,23,25). The first-order chi connectivity index (χ1) is 13.3. The van der Waals surface area contributed by atoms with Gasteiger partial charge in [0.2, 0.25) is 0 Å². The molecule has 0 fully saturated rings. The maximum absolute atomic E-state index is 12.4. The topological polar surface area (TPSA) is 102 Å². The summed E-state index contributed by atoms with van der Waals surface area (Å²) in [5.41, 5.74) is 7.41. The molecule has 0 radical (unpaired) electrons. The van der Waals surface area contributed by atoms with E-state index in [1.165, 1.54) is 0 Å². The highest BCUT2D eigenvalue weighted by Crippen LogP contribution is 2.20. The van der Waals surface area contributed by atoms with Gasteiger partial charge in [-0.3, -0.25) is 14.4 Å². The van der Waals surface area contributed by atoms with Crippen LogP contribution in [0.2, 0.25) is 0 Å². The minimum Gasteiger partial charge on any atom is -0.483 e. The lowest BCUT2D eigenvalue weighted by molar-refractivity contribution is -0.118. The molecular weight excluding hydrogens is 358 g/mol. The first-order valence-corrected chi connectivity index (χ1v) is 9.08. The number of hydrogen-bond donors (Lipinski definition) is 2. The molecule has 7 nitrogen and oxygen atoms in total. The molecule has 7 heteroatoms. The molecule has 2 aromatic carbocycles. The summed E-state index contributed by atoms with van der Waals surface area (Å²) < 4.78 is 5.48. The summed E-state index contributed by atoms with van der Waals surface area (Å²) in [6.45, 7) is 6.59. The lowest BCUT2D eigenvalue weighted by Gasteiger charge is -2.19. The fourth-order valence-corrected chi connectivity index (χ4v) is 2.72. The number of nitrogens with one attached hydrogen (secondary N) is 1. The predicted molar refractivity (Wildman–Crippen MR) is 108 cm³/mol. The van der Waals surface area contributed by atoms with Crippen molar-refractivity contribution in [3.63, 3.8) is 0 Å². The van der Waals surface area contributed by atoms with E-state index in [1.807, 2.05) is 20.8 Å². The Labute approximate surface area is 164 Å². The van der Waals surface area contributed by atoms with Gasteiger partial charge in [-0.05, 0) is 56.7 Å². The van der Waals surface area contributed by atoms with Crippen molar-refractivity contribution in [2.75, 3.05) is 25.0 Å². The first-order valence-electron chi connectivity index (χ1n) is 9.08. The van der Waals surface area contributed by atoms with Crippen LogP contribution in [-0.2, 0) is 4.79 Å². The van der Waals surface area contributed by atoms with E-state index in [1.54, 1.807) is 47.4 Å². The maximum Gasteiger partial charge on any atom is 0.262 e. The van der Waals surface area contributed by atoms with E-state index >= 15 is 0 Å². The zero-order chi connectivity index (χ0) is 20.7. The molecule has 3 N–H and O–H groups in total. The Balaban J connectivity index is 2.05. The van der Waals surface area contributed by atoms with Gasteiger partial charge in [0.25, 0.3) is 17.7 Å². The van der Waals surface area contributed by atoms with Gasteiger partial charge in [-0.25, -0.2) is 0 Å². The number of ether oxygens (including phenoxy) is 1. The summed E-state index contributed by atoms with van der Waals surface area (Å²) in [5, 5.41) is 2.69. The molecule has 2 rings (SSSR count). The minimum atomic E-state index is -0.627. The number of carbonyl (C=O) groups is 3. The van der Waals surface area contributed by atoms with Gasteiger partial charge < -0.3 is 20.7 Å². The number of amides is 3. The Morgan fingerprint density at radius 2 is 1.79 bits per heavy atom.